The number of rotatable bonds is 2. The molecule has 1 aliphatic carbocycles. The normalized spacial score (nSPS) is 23.6. The van der Waals surface area contributed by atoms with Crippen molar-refractivity contribution in [1.82, 2.24) is 9.97 Å². The SMILES string of the molecule is CC1CCCC1C(=O)c1ccc2[nH]c(=O)[nH]c2c1. The standard InChI is InChI=1S/C14H16N2O2/c1-8-3-2-4-10(8)13(17)9-5-6-11-12(7-9)16-14(18)15-11/h5-8,10H,2-4H2,1H3,(H2,15,16,18). The summed E-state index contributed by atoms with van der Waals surface area (Å²) in [6.45, 7) is 2.15. The Bertz CT molecular complexity index is 653. The zero-order chi connectivity index (χ0) is 12.7. The number of hydrogen-bond acceptors (Lipinski definition) is 2. The van der Waals surface area contributed by atoms with Crippen LogP contribution in [0.1, 0.15) is 36.5 Å². The van der Waals surface area contributed by atoms with Gasteiger partial charge in [-0.1, -0.05) is 13.3 Å². The number of benzene rings is 1. The van der Waals surface area contributed by atoms with Crippen LogP contribution in [-0.4, -0.2) is 15.8 Å². The second-order valence-electron chi connectivity index (χ2n) is 5.22. The quantitative estimate of drug-likeness (QED) is 0.797. The molecule has 1 fully saturated rings. The summed E-state index contributed by atoms with van der Waals surface area (Å²) < 4.78 is 0. The zero-order valence-electron chi connectivity index (χ0n) is 10.3. The zero-order valence-corrected chi connectivity index (χ0v) is 10.3. The van der Waals surface area contributed by atoms with Crippen LogP contribution >= 0.6 is 0 Å². The van der Waals surface area contributed by atoms with Crippen LogP contribution in [0.15, 0.2) is 23.0 Å². The van der Waals surface area contributed by atoms with Gasteiger partial charge in [0.1, 0.15) is 0 Å². The topological polar surface area (TPSA) is 65.7 Å². The molecule has 4 nitrogen and oxygen atoms in total. The number of ketones is 1. The van der Waals surface area contributed by atoms with Gasteiger partial charge in [-0.05, 0) is 37.0 Å². The largest absolute Gasteiger partial charge is 0.323 e. The minimum atomic E-state index is -0.233. The van der Waals surface area contributed by atoms with E-state index in [2.05, 4.69) is 16.9 Å². The number of aromatic amines is 2. The van der Waals surface area contributed by atoms with E-state index in [1.54, 1.807) is 18.2 Å². The molecule has 0 saturated heterocycles. The van der Waals surface area contributed by atoms with Crippen LogP contribution in [0.4, 0.5) is 0 Å². The number of hydrogen-bond donors (Lipinski definition) is 2. The lowest BCUT2D eigenvalue weighted by Crippen LogP contribution is -2.17. The Morgan fingerprint density at radius 2 is 2.00 bits per heavy atom. The van der Waals surface area contributed by atoms with E-state index in [1.165, 1.54) is 0 Å². The molecule has 0 bridgehead atoms. The molecule has 2 N–H and O–H groups in total. The van der Waals surface area contributed by atoms with Gasteiger partial charge in [-0.3, -0.25) is 4.79 Å². The molecule has 2 atom stereocenters. The minimum Gasteiger partial charge on any atom is -0.306 e. The second kappa shape index (κ2) is 4.12. The number of imidazole rings is 1. The fourth-order valence-corrected chi connectivity index (χ4v) is 2.93. The van der Waals surface area contributed by atoms with Gasteiger partial charge in [-0.25, -0.2) is 4.79 Å². The number of H-pyrrole nitrogens is 2. The molecule has 4 heteroatoms. The highest BCUT2D eigenvalue weighted by Gasteiger charge is 2.30. The lowest BCUT2D eigenvalue weighted by molar-refractivity contribution is 0.0897. The Balaban J connectivity index is 1.98. The van der Waals surface area contributed by atoms with Gasteiger partial charge in [-0.2, -0.15) is 0 Å². The first-order valence-corrected chi connectivity index (χ1v) is 6.41. The lowest BCUT2D eigenvalue weighted by Gasteiger charge is -2.13. The van der Waals surface area contributed by atoms with Crippen LogP contribution in [0.2, 0.25) is 0 Å². The minimum absolute atomic E-state index is 0.146. The van der Waals surface area contributed by atoms with Gasteiger partial charge in [0.05, 0.1) is 11.0 Å². The van der Waals surface area contributed by atoms with E-state index >= 15 is 0 Å². The molecule has 3 rings (SSSR count). The number of fused-ring (bicyclic) bond motifs is 1. The van der Waals surface area contributed by atoms with Crippen molar-refractivity contribution in [3.8, 4) is 0 Å². The highest BCUT2D eigenvalue weighted by atomic mass is 16.1. The maximum Gasteiger partial charge on any atom is 0.323 e. The third-order valence-corrected chi connectivity index (χ3v) is 4.00. The molecule has 0 amide bonds. The highest BCUT2D eigenvalue weighted by Crippen LogP contribution is 2.33. The van der Waals surface area contributed by atoms with Gasteiger partial charge >= 0.3 is 5.69 Å². The summed E-state index contributed by atoms with van der Waals surface area (Å²) in [5.41, 5.74) is 1.92. The first-order chi connectivity index (χ1) is 8.65. The first kappa shape index (κ1) is 11.3. The van der Waals surface area contributed by atoms with Gasteiger partial charge < -0.3 is 9.97 Å². The molecule has 1 aliphatic rings. The smallest absolute Gasteiger partial charge is 0.306 e. The number of nitrogens with one attached hydrogen (secondary N) is 2. The van der Waals surface area contributed by atoms with Crippen molar-refractivity contribution in [2.75, 3.05) is 0 Å². The summed E-state index contributed by atoms with van der Waals surface area (Å²) in [4.78, 5) is 29.0. The van der Waals surface area contributed by atoms with Crippen molar-refractivity contribution in [3.05, 3.63) is 34.2 Å². The van der Waals surface area contributed by atoms with E-state index in [0.29, 0.717) is 17.0 Å². The molecule has 0 spiro atoms. The Kier molecular flexibility index (Phi) is 2.58. The second-order valence-corrected chi connectivity index (χ2v) is 5.22. The summed E-state index contributed by atoms with van der Waals surface area (Å²) in [5.74, 6) is 0.829. The number of carbonyl (C=O) groups excluding carboxylic acids is 1. The molecule has 18 heavy (non-hydrogen) atoms. The molecule has 94 valence electrons. The van der Waals surface area contributed by atoms with E-state index in [-0.39, 0.29) is 17.4 Å². The Morgan fingerprint density at radius 3 is 2.72 bits per heavy atom. The van der Waals surface area contributed by atoms with Crippen LogP contribution in [0, 0.1) is 11.8 Å². The van der Waals surface area contributed by atoms with E-state index in [0.717, 1.165) is 24.8 Å². The van der Waals surface area contributed by atoms with Crippen LogP contribution in [0.25, 0.3) is 11.0 Å². The van der Waals surface area contributed by atoms with Gasteiger partial charge in [0.2, 0.25) is 0 Å². The summed E-state index contributed by atoms with van der Waals surface area (Å²) in [7, 11) is 0. The fraction of sp³-hybridized carbons (Fsp3) is 0.429. The van der Waals surface area contributed by atoms with E-state index in [4.69, 9.17) is 0 Å². The molecule has 1 aromatic carbocycles. The summed E-state index contributed by atoms with van der Waals surface area (Å²) in [6.07, 6.45) is 3.27. The third-order valence-electron chi connectivity index (χ3n) is 4.00. The fourth-order valence-electron chi connectivity index (χ4n) is 2.93. The van der Waals surface area contributed by atoms with Gasteiger partial charge in [0.15, 0.2) is 5.78 Å². The van der Waals surface area contributed by atoms with Crippen molar-refractivity contribution in [3.63, 3.8) is 0 Å². The summed E-state index contributed by atoms with van der Waals surface area (Å²) in [6, 6.07) is 5.38. The van der Waals surface area contributed by atoms with Crippen molar-refractivity contribution >= 4 is 16.8 Å². The van der Waals surface area contributed by atoms with E-state index in [1.807, 2.05) is 0 Å². The first-order valence-electron chi connectivity index (χ1n) is 6.41. The maximum absolute atomic E-state index is 12.4. The molecule has 1 heterocycles. The molecular weight excluding hydrogens is 228 g/mol. The van der Waals surface area contributed by atoms with Crippen molar-refractivity contribution in [1.29, 1.82) is 0 Å². The Labute approximate surface area is 104 Å². The average molecular weight is 244 g/mol. The Morgan fingerprint density at radius 1 is 1.22 bits per heavy atom. The van der Waals surface area contributed by atoms with Crippen LogP contribution < -0.4 is 5.69 Å². The third kappa shape index (κ3) is 1.78. The molecule has 1 saturated carbocycles. The van der Waals surface area contributed by atoms with E-state index in [9.17, 15) is 9.59 Å². The van der Waals surface area contributed by atoms with E-state index < -0.39 is 0 Å². The van der Waals surface area contributed by atoms with Gasteiger partial charge in [0.25, 0.3) is 0 Å². The van der Waals surface area contributed by atoms with Gasteiger partial charge in [0, 0.05) is 11.5 Å². The monoisotopic (exact) mass is 244 g/mol. The predicted octanol–water partition coefficient (Wildman–Crippen LogP) is 2.48. The Hall–Kier alpha value is -1.84. The number of aromatic nitrogens is 2. The molecule has 2 aromatic rings. The van der Waals surface area contributed by atoms with Crippen molar-refractivity contribution in [2.24, 2.45) is 11.8 Å². The summed E-state index contributed by atoms with van der Waals surface area (Å²) >= 11 is 0. The van der Waals surface area contributed by atoms with Crippen molar-refractivity contribution in [2.45, 2.75) is 26.2 Å². The van der Waals surface area contributed by atoms with Crippen LogP contribution in [0.5, 0.6) is 0 Å². The average Bonchev–Trinajstić information content (AvgIpc) is 2.91. The predicted molar refractivity (Wildman–Crippen MR) is 69.8 cm³/mol. The molecular formula is C14H16N2O2. The number of Topliss-reactive ketones (excluding diaryl/α,β-unsaturated/α-hetero) is 1. The molecule has 1 aromatic heterocycles. The summed E-state index contributed by atoms with van der Waals surface area (Å²) in [5, 5.41) is 0. The molecule has 0 radical (unpaired) electrons. The highest BCUT2D eigenvalue weighted by molar-refractivity contribution is 6.00. The van der Waals surface area contributed by atoms with Crippen LogP contribution in [0.3, 0.4) is 0 Å². The lowest BCUT2D eigenvalue weighted by atomic mass is 9.89. The van der Waals surface area contributed by atoms with Crippen molar-refractivity contribution < 1.29 is 4.79 Å². The number of carbonyl (C=O) groups is 1. The molecule has 0 aliphatic heterocycles. The van der Waals surface area contributed by atoms with Gasteiger partial charge in [-0.15, -0.1) is 0 Å². The maximum atomic E-state index is 12.4. The molecule has 2 unspecified atom stereocenters. The van der Waals surface area contributed by atoms with Crippen LogP contribution in [-0.2, 0) is 0 Å².